The minimum absolute atomic E-state index is 0.0325. The summed E-state index contributed by atoms with van der Waals surface area (Å²) < 4.78 is 70.7. The van der Waals surface area contributed by atoms with Crippen LogP contribution in [0.3, 0.4) is 0 Å². The van der Waals surface area contributed by atoms with E-state index in [-0.39, 0.29) is 215 Å². The largest absolute Gasteiger partial charge is 0.394 e. The number of ether oxygens (including phenoxy) is 12. The molecular weight excluding hydrogens is 1230 g/mol. The summed E-state index contributed by atoms with van der Waals surface area (Å²) in [5, 5.41) is 122. The Labute approximate surface area is 531 Å². The molecule has 3 amide bonds. The van der Waals surface area contributed by atoms with Crippen molar-refractivity contribution < 1.29 is 117 Å². The summed E-state index contributed by atoms with van der Waals surface area (Å²) in [6.45, 7) is 3.76. The van der Waals surface area contributed by atoms with Gasteiger partial charge in [-0.1, -0.05) is 15.6 Å². The molecule has 92 heavy (non-hydrogen) atoms. The number of nitrogens with two attached hydrogens (primary N) is 1. The Kier molecular flexibility index (Phi) is 35.0. The minimum Gasteiger partial charge on any atom is -0.394 e. The summed E-state index contributed by atoms with van der Waals surface area (Å²) in [6.07, 6.45) is -4.61. The molecule has 0 spiro atoms. The molecule has 3 aliphatic rings. The molecule has 37 nitrogen and oxygen atoms in total. The van der Waals surface area contributed by atoms with E-state index in [1.807, 2.05) is 0 Å². The van der Waals surface area contributed by atoms with E-state index in [4.69, 9.17) is 62.6 Å². The molecule has 0 aliphatic carbocycles. The summed E-state index contributed by atoms with van der Waals surface area (Å²) in [5.41, 5.74) is 7.29. The quantitative estimate of drug-likeness (QED) is 0.0234. The summed E-state index contributed by atoms with van der Waals surface area (Å²) >= 11 is 0. The Bertz CT molecular complexity index is 2250. The lowest BCUT2D eigenvalue weighted by molar-refractivity contribution is -0.171. The zero-order chi connectivity index (χ0) is 65.9. The number of carbonyl (C=O) groups is 3. The van der Waals surface area contributed by atoms with Crippen LogP contribution in [0, 0.1) is 0 Å². The van der Waals surface area contributed by atoms with Crippen molar-refractivity contribution in [3.63, 3.8) is 0 Å². The highest BCUT2D eigenvalue weighted by molar-refractivity contribution is 5.77. The number of rotatable bonds is 48. The maximum Gasteiger partial charge on any atom is 0.220 e. The third kappa shape index (κ3) is 26.3. The summed E-state index contributed by atoms with van der Waals surface area (Å²) in [6, 6.07) is -2.03. The molecule has 37 heteroatoms. The van der Waals surface area contributed by atoms with Crippen LogP contribution in [0.15, 0.2) is 18.6 Å². The van der Waals surface area contributed by atoms with Crippen molar-refractivity contribution in [3.8, 4) is 0 Å². The molecule has 3 saturated heterocycles. The molecule has 0 unspecified atom stereocenters. The Morgan fingerprint density at radius 1 is 0.424 bits per heavy atom. The summed E-state index contributed by atoms with van der Waals surface area (Å²) in [4.78, 5) is 38.9. The van der Waals surface area contributed by atoms with Gasteiger partial charge in [0.2, 0.25) is 17.7 Å². The highest BCUT2D eigenvalue weighted by Crippen LogP contribution is 2.27. The van der Waals surface area contributed by atoms with E-state index in [9.17, 15) is 60.3 Å². The minimum atomic E-state index is -1.27. The predicted molar refractivity (Wildman–Crippen MR) is 311 cm³/mol. The van der Waals surface area contributed by atoms with Gasteiger partial charge in [-0.2, -0.15) is 0 Å². The van der Waals surface area contributed by atoms with E-state index < -0.39 is 98.4 Å². The number of amides is 3. The predicted octanol–water partition coefficient (Wildman–Crippen LogP) is -7.14. The fourth-order valence-corrected chi connectivity index (χ4v) is 9.77. The molecule has 6 rings (SSSR count). The molecule has 524 valence electrons. The van der Waals surface area contributed by atoms with Crippen LogP contribution in [0.4, 0.5) is 0 Å². The van der Waals surface area contributed by atoms with Crippen molar-refractivity contribution in [2.45, 2.75) is 137 Å². The normalized spacial score (nSPS) is 24.5. The molecule has 0 aromatic carbocycles. The van der Waals surface area contributed by atoms with E-state index in [0.29, 0.717) is 17.1 Å². The van der Waals surface area contributed by atoms with Gasteiger partial charge in [0, 0.05) is 44.4 Å². The second-order valence-electron chi connectivity index (χ2n) is 22.1. The zero-order valence-corrected chi connectivity index (χ0v) is 51.7. The second kappa shape index (κ2) is 42.4. The monoisotopic (exact) mass is 1320 g/mol. The second-order valence-corrected chi connectivity index (χ2v) is 22.1. The van der Waals surface area contributed by atoms with E-state index in [1.54, 1.807) is 18.6 Å². The molecule has 12 atom stereocenters. The van der Waals surface area contributed by atoms with Crippen LogP contribution >= 0.6 is 0 Å². The molecule has 3 fully saturated rings. The van der Waals surface area contributed by atoms with Crippen molar-refractivity contribution in [1.29, 1.82) is 0 Å². The van der Waals surface area contributed by atoms with Gasteiger partial charge < -0.3 is 124 Å². The third-order valence-corrected chi connectivity index (χ3v) is 15.3. The fraction of sp³-hybridized carbons (Fsp3) is 0.836. The third-order valence-electron chi connectivity index (χ3n) is 15.3. The van der Waals surface area contributed by atoms with Gasteiger partial charge in [0.15, 0.2) is 0 Å². The van der Waals surface area contributed by atoms with E-state index >= 15 is 0 Å². The number of carbonyl (C=O) groups excluding carboxylic acids is 3. The van der Waals surface area contributed by atoms with Gasteiger partial charge in [-0.15, -0.1) is 15.3 Å². The Balaban J connectivity index is 0.795. The lowest BCUT2D eigenvalue weighted by atomic mass is 9.84. The first kappa shape index (κ1) is 76.0. The molecule has 14 N–H and O–H groups in total. The van der Waals surface area contributed by atoms with E-state index in [1.165, 1.54) is 14.0 Å². The summed E-state index contributed by atoms with van der Waals surface area (Å²) in [7, 11) is 0. The van der Waals surface area contributed by atoms with Crippen molar-refractivity contribution >= 4 is 17.7 Å². The number of hydrogen-bond donors (Lipinski definition) is 13. The van der Waals surface area contributed by atoms with Crippen molar-refractivity contribution in [2.75, 3.05) is 158 Å². The SMILES string of the molecule is NC(CCC(=O)NCCOCCOCCOCc1cn([C@H]2CO[C@H](CO)[C@H](O)[C@@H]2O)nn1)(CCC(=O)NCCOCCOCCOCc1cn([C@H]2CO[C@H](CO)[C@H](O)[C@@H]2O)nn1)CCC(=O)NCCOCCOCCOCc1cn([C@H]2CO[C@H](CO)[C@H](O)[C@@H]2O)nn1. The van der Waals surface area contributed by atoms with E-state index in [0.717, 1.165) is 0 Å². The van der Waals surface area contributed by atoms with Crippen LogP contribution < -0.4 is 21.7 Å². The molecular formula is C55H95N13O24. The van der Waals surface area contributed by atoms with Crippen LogP contribution in [-0.2, 0) is 91.0 Å². The fourth-order valence-electron chi connectivity index (χ4n) is 9.77. The van der Waals surface area contributed by atoms with Crippen LogP contribution in [0.2, 0.25) is 0 Å². The topological polar surface area (TPSA) is 498 Å². The molecule has 3 aromatic heterocycles. The smallest absolute Gasteiger partial charge is 0.220 e. The van der Waals surface area contributed by atoms with Gasteiger partial charge in [0.05, 0.1) is 177 Å². The first-order chi connectivity index (χ1) is 44.6. The first-order valence-corrected chi connectivity index (χ1v) is 30.9. The molecule has 3 aromatic rings. The average Bonchev–Trinajstić information content (AvgIpc) is 1.54. The van der Waals surface area contributed by atoms with Crippen LogP contribution in [0.1, 0.15) is 73.7 Å². The number of aliphatic hydroxyl groups is 9. The van der Waals surface area contributed by atoms with Crippen LogP contribution in [-0.4, -0.2) is 328 Å². The highest BCUT2D eigenvalue weighted by atomic mass is 16.6. The lowest BCUT2D eigenvalue weighted by Crippen LogP contribution is -2.52. The molecule has 6 heterocycles. The standard InChI is InChI=1S/C55H95N13O24/c56-55(4-1-46(72)57-7-10-81-13-16-84-19-22-87-31-37-25-66(63-60-37)40-34-90-43(28-69)52(78)49(40)75,5-2-47(73)58-8-11-82-14-17-85-20-23-88-32-38-26-67(64-61-38)41-35-91-44(29-70)53(79)50(41)76)6-3-48(74)59-9-12-83-15-18-86-21-24-89-33-39-27-68(65-62-39)42-36-92-45(30-71)54(80)51(42)77/h25-27,40-45,49-54,69-71,75-80H,1-24,28-36,56H2,(H,57,72)(H,58,73)(H,59,74)/t40-,41-,42-,43+,44+,45+,49+,50+,51+,52-,53-,54-/m0/s1. The molecule has 0 bridgehead atoms. The van der Waals surface area contributed by atoms with Gasteiger partial charge in [-0.3, -0.25) is 14.4 Å². The van der Waals surface area contributed by atoms with Crippen molar-refractivity contribution in [2.24, 2.45) is 5.73 Å². The van der Waals surface area contributed by atoms with Gasteiger partial charge in [0.1, 0.15) is 90.1 Å². The Hall–Kier alpha value is -5.05. The number of hydrogen-bond acceptors (Lipinski definition) is 31. The van der Waals surface area contributed by atoms with Gasteiger partial charge >= 0.3 is 0 Å². The number of aromatic nitrogens is 9. The van der Waals surface area contributed by atoms with Crippen molar-refractivity contribution in [3.05, 3.63) is 35.7 Å². The Morgan fingerprint density at radius 2 is 0.674 bits per heavy atom. The van der Waals surface area contributed by atoms with Gasteiger partial charge in [-0.25, -0.2) is 14.0 Å². The van der Waals surface area contributed by atoms with Crippen LogP contribution in [0.25, 0.3) is 0 Å². The first-order valence-electron chi connectivity index (χ1n) is 30.9. The van der Waals surface area contributed by atoms with E-state index in [2.05, 4.69) is 46.9 Å². The number of aliphatic hydroxyl groups excluding tert-OH is 9. The maximum absolute atomic E-state index is 13.0. The highest BCUT2D eigenvalue weighted by Gasteiger charge is 2.42. The Morgan fingerprint density at radius 3 is 0.935 bits per heavy atom. The number of nitrogens with one attached hydrogen (secondary N) is 3. The molecule has 0 saturated carbocycles. The molecule has 3 aliphatic heterocycles. The van der Waals surface area contributed by atoms with Gasteiger partial charge in [-0.05, 0) is 19.3 Å². The van der Waals surface area contributed by atoms with Crippen molar-refractivity contribution in [1.82, 2.24) is 60.9 Å². The summed E-state index contributed by atoms with van der Waals surface area (Å²) in [5.74, 6) is -0.846. The van der Waals surface area contributed by atoms with Gasteiger partial charge in [0.25, 0.3) is 0 Å². The maximum atomic E-state index is 13.0. The number of nitrogens with zero attached hydrogens (tertiary/aromatic N) is 9. The zero-order valence-electron chi connectivity index (χ0n) is 51.7. The molecule has 0 radical (unpaired) electrons. The van der Waals surface area contributed by atoms with Crippen LogP contribution in [0.5, 0.6) is 0 Å². The lowest BCUT2D eigenvalue weighted by Gasteiger charge is -2.36. The average molecular weight is 1320 g/mol.